The van der Waals surface area contributed by atoms with E-state index < -0.39 is 20.2 Å². The van der Waals surface area contributed by atoms with Gasteiger partial charge in [0.15, 0.2) is 16.5 Å². The van der Waals surface area contributed by atoms with E-state index in [0.29, 0.717) is 36.5 Å². The first-order chi connectivity index (χ1) is 22.0. The normalized spacial score (nSPS) is 20.4. The zero-order valence-corrected chi connectivity index (χ0v) is 31.2. The van der Waals surface area contributed by atoms with Crippen molar-refractivity contribution in [1.29, 1.82) is 0 Å². The Morgan fingerprint density at radius 1 is 0.978 bits per heavy atom. The Morgan fingerprint density at radius 3 is 2.09 bits per heavy atom. The Balaban J connectivity index is 1.51. The van der Waals surface area contributed by atoms with Crippen LogP contribution >= 0.6 is 0 Å². The fourth-order valence-electron chi connectivity index (χ4n) is 6.44. The summed E-state index contributed by atoms with van der Waals surface area (Å²) in [5.74, 6) is -0.0326. The van der Waals surface area contributed by atoms with Crippen molar-refractivity contribution < 1.29 is 24.1 Å². The molecule has 46 heavy (non-hydrogen) atoms. The van der Waals surface area contributed by atoms with Gasteiger partial charge in [-0.1, -0.05) is 124 Å². The minimum atomic E-state index is -1.76. The lowest BCUT2D eigenvalue weighted by Gasteiger charge is -2.39. The van der Waals surface area contributed by atoms with E-state index in [1.54, 1.807) is 6.33 Å². The second kappa shape index (κ2) is 19.1. The summed E-state index contributed by atoms with van der Waals surface area (Å²) in [6, 6.07) is 0. The van der Waals surface area contributed by atoms with Gasteiger partial charge in [-0.05, 0) is 26.2 Å². The number of hydrogen-bond acceptors (Lipinski definition) is 8. The van der Waals surface area contributed by atoms with Crippen molar-refractivity contribution in [3.8, 4) is 5.88 Å². The number of unbranched alkanes of at least 4 members (excludes halogenated alkanes) is 14. The second-order valence-corrected chi connectivity index (χ2v) is 17.8. The first-order valence-electron chi connectivity index (χ1n) is 18.4. The number of esters is 1. The maximum Gasteiger partial charge on any atom is 0.306 e. The van der Waals surface area contributed by atoms with E-state index in [0.717, 1.165) is 19.3 Å². The zero-order valence-electron chi connectivity index (χ0n) is 30.1. The molecule has 1 aliphatic heterocycles. The Morgan fingerprint density at radius 2 is 1.54 bits per heavy atom. The van der Waals surface area contributed by atoms with Crippen molar-refractivity contribution in [2.24, 2.45) is 5.92 Å². The molecule has 0 radical (unpaired) electrons. The fourth-order valence-corrected chi connectivity index (χ4v) is 8.60. The molecule has 9 nitrogen and oxygen atoms in total. The molecule has 0 saturated carbocycles. The molecule has 1 N–H and O–H groups in total. The predicted molar refractivity (Wildman–Crippen MR) is 188 cm³/mol. The third-order valence-corrected chi connectivity index (χ3v) is 12.5. The summed E-state index contributed by atoms with van der Waals surface area (Å²) in [5, 5.41) is 9.42. The third-order valence-electron chi connectivity index (χ3n) is 10.1. The number of nitrogens with zero attached hydrogens (tertiary/aromatic N) is 4. The average Bonchev–Trinajstić information content (AvgIpc) is 3.61. The van der Waals surface area contributed by atoms with Crippen LogP contribution in [0.4, 0.5) is 0 Å². The number of hydrogen-bond donors (Lipinski definition) is 1. The minimum absolute atomic E-state index is 0.178. The van der Waals surface area contributed by atoms with Gasteiger partial charge in [-0.15, -0.1) is 0 Å². The lowest BCUT2D eigenvalue weighted by Crippen LogP contribution is -2.54. The van der Waals surface area contributed by atoms with Gasteiger partial charge in [-0.25, -0.2) is 9.97 Å². The maximum absolute atomic E-state index is 13.3. The SMILES string of the molecule is CCCCCCCCCCCCCCCCCC(=O)O[C@@H]1C[C@@H](COC(C)(C)C(C)C)O[C@]1(n1cnc2c(O)ncnc21)[SiH](C)C. The van der Waals surface area contributed by atoms with Crippen LogP contribution in [0.3, 0.4) is 0 Å². The van der Waals surface area contributed by atoms with Gasteiger partial charge in [-0.2, -0.15) is 4.98 Å². The first kappa shape index (κ1) is 38.4. The van der Waals surface area contributed by atoms with Crippen LogP contribution in [-0.2, 0) is 24.4 Å². The summed E-state index contributed by atoms with van der Waals surface area (Å²) in [4.78, 5) is 26.0. The standard InChI is InChI=1S/C36H64N4O5Si/c1-8-9-10-11-12-13-14-15-16-17-18-19-20-21-22-23-31(41)44-30-24-29(25-43-35(4,5)28(2)3)45-36(30,46(6)7)40-27-39-32-33(40)37-26-38-34(32)42/h26-30,46H,8-25H2,1-7H3,(H,37,38,42)/t29-,30+,36-/m0/s1. The van der Waals surface area contributed by atoms with Crippen LogP contribution in [0.1, 0.15) is 144 Å². The molecule has 1 saturated heterocycles. The van der Waals surface area contributed by atoms with Crippen molar-refractivity contribution in [3.63, 3.8) is 0 Å². The summed E-state index contributed by atoms with van der Waals surface area (Å²) in [5.41, 5.74) is 0.467. The molecule has 3 rings (SSSR count). The molecule has 0 aromatic carbocycles. The van der Waals surface area contributed by atoms with Crippen molar-refractivity contribution in [2.45, 2.75) is 180 Å². The van der Waals surface area contributed by atoms with E-state index in [-0.39, 0.29) is 23.6 Å². The van der Waals surface area contributed by atoms with Gasteiger partial charge < -0.3 is 19.3 Å². The molecule has 2 aromatic heterocycles. The quantitative estimate of drug-likeness (QED) is 0.0717. The van der Waals surface area contributed by atoms with Crippen molar-refractivity contribution in [1.82, 2.24) is 19.5 Å². The van der Waals surface area contributed by atoms with Gasteiger partial charge in [0.1, 0.15) is 21.2 Å². The Hall–Kier alpha value is -2.04. The van der Waals surface area contributed by atoms with Crippen LogP contribution in [0.25, 0.3) is 11.2 Å². The fraction of sp³-hybridized carbons (Fsp3) is 0.833. The number of ether oxygens (including phenoxy) is 3. The van der Waals surface area contributed by atoms with E-state index in [1.807, 2.05) is 4.57 Å². The Kier molecular flexibility index (Phi) is 15.9. The molecular weight excluding hydrogens is 597 g/mol. The van der Waals surface area contributed by atoms with Gasteiger partial charge >= 0.3 is 5.97 Å². The third kappa shape index (κ3) is 10.7. The number of rotatable bonds is 23. The number of carbonyl (C=O) groups is 1. The van der Waals surface area contributed by atoms with Crippen LogP contribution in [0.2, 0.25) is 13.1 Å². The molecule has 0 bridgehead atoms. The van der Waals surface area contributed by atoms with Crippen LogP contribution < -0.4 is 0 Å². The molecule has 3 heterocycles. The molecule has 262 valence electrons. The first-order valence-corrected chi connectivity index (χ1v) is 21.3. The summed E-state index contributed by atoms with van der Waals surface area (Å²) in [6.07, 6.45) is 22.5. The lowest BCUT2D eigenvalue weighted by molar-refractivity contribution is -0.162. The largest absolute Gasteiger partial charge is 0.492 e. The molecule has 0 unspecified atom stereocenters. The summed E-state index contributed by atoms with van der Waals surface area (Å²) < 4.78 is 21.4. The van der Waals surface area contributed by atoms with Gasteiger partial charge in [0, 0.05) is 12.8 Å². The smallest absolute Gasteiger partial charge is 0.306 e. The highest BCUT2D eigenvalue weighted by Crippen LogP contribution is 2.42. The highest BCUT2D eigenvalue weighted by Gasteiger charge is 2.56. The molecule has 1 aliphatic rings. The number of imidazole rings is 1. The van der Waals surface area contributed by atoms with Crippen molar-refractivity contribution in [2.75, 3.05) is 6.61 Å². The van der Waals surface area contributed by atoms with Gasteiger partial charge in [-0.3, -0.25) is 9.36 Å². The summed E-state index contributed by atoms with van der Waals surface area (Å²) >= 11 is 0. The lowest BCUT2D eigenvalue weighted by atomic mass is 9.94. The monoisotopic (exact) mass is 660 g/mol. The molecule has 0 amide bonds. The van der Waals surface area contributed by atoms with Crippen LogP contribution in [-0.4, -0.2) is 63.8 Å². The minimum Gasteiger partial charge on any atom is -0.492 e. The highest BCUT2D eigenvalue weighted by molar-refractivity contribution is 6.58. The topological polar surface area (TPSA) is 109 Å². The Labute approximate surface area is 280 Å². The average molecular weight is 661 g/mol. The van der Waals surface area contributed by atoms with E-state index in [2.05, 4.69) is 62.7 Å². The van der Waals surface area contributed by atoms with Crippen molar-refractivity contribution in [3.05, 3.63) is 12.7 Å². The highest BCUT2D eigenvalue weighted by atomic mass is 28.3. The molecule has 2 aromatic rings. The van der Waals surface area contributed by atoms with E-state index in [9.17, 15) is 9.90 Å². The number of aromatic hydroxyl groups is 1. The zero-order chi connectivity index (χ0) is 33.6. The summed E-state index contributed by atoms with van der Waals surface area (Å²) in [7, 11) is -1.76. The van der Waals surface area contributed by atoms with E-state index in [1.165, 1.54) is 83.4 Å². The maximum atomic E-state index is 13.3. The molecule has 3 atom stereocenters. The van der Waals surface area contributed by atoms with E-state index >= 15 is 0 Å². The van der Waals surface area contributed by atoms with Crippen molar-refractivity contribution >= 4 is 25.9 Å². The molecule has 1 fully saturated rings. The van der Waals surface area contributed by atoms with Crippen LogP contribution in [0.15, 0.2) is 12.7 Å². The van der Waals surface area contributed by atoms with Gasteiger partial charge in [0.2, 0.25) is 5.88 Å². The summed E-state index contributed by atoms with van der Waals surface area (Å²) in [6.45, 7) is 15.5. The number of fused-ring (bicyclic) bond motifs is 1. The number of carbonyl (C=O) groups excluding carboxylic acids is 1. The molecular formula is C36H64N4O5Si. The Bertz CT molecular complexity index is 1170. The van der Waals surface area contributed by atoms with Crippen LogP contribution in [0, 0.1) is 5.92 Å². The molecule has 0 aliphatic carbocycles. The molecule has 10 heteroatoms. The second-order valence-electron chi connectivity index (χ2n) is 14.6. The number of aromatic nitrogens is 4. The van der Waals surface area contributed by atoms with Gasteiger partial charge in [0.25, 0.3) is 0 Å². The van der Waals surface area contributed by atoms with Gasteiger partial charge in [0.05, 0.1) is 24.6 Å². The predicted octanol–water partition coefficient (Wildman–Crippen LogP) is 8.62. The molecule has 0 spiro atoms. The van der Waals surface area contributed by atoms with E-state index in [4.69, 9.17) is 14.2 Å². The van der Waals surface area contributed by atoms with Crippen LogP contribution in [0.5, 0.6) is 5.88 Å².